The zero-order valence-corrected chi connectivity index (χ0v) is 16.7. The van der Waals surface area contributed by atoms with Crippen LogP contribution >= 0.6 is 0 Å². The molecule has 4 rings (SSSR count). The maximum absolute atomic E-state index is 12.9. The van der Waals surface area contributed by atoms with Gasteiger partial charge in [-0.15, -0.1) is 0 Å². The van der Waals surface area contributed by atoms with E-state index in [9.17, 15) is 4.79 Å². The third-order valence-corrected chi connectivity index (χ3v) is 5.79. The zero-order chi connectivity index (χ0) is 20.2. The molecule has 1 aliphatic rings. The number of rotatable bonds is 5. The molecule has 1 N–H and O–H groups in total. The van der Waals surface area contributed by atoms with Gasteiger partial charge in [0.25, 0.3) is 0 Å². The molecule has 1 unspecified atom stereocenters. The van der Waals surface area contributed by atoms with Crippen LogP contribution in [-0.2, 0) is 11.2 Å². The Morgan fingerprint density at radius 3 is 2.86 bits per heavy atom. The fraction of sp³-hybridized carbons (Fsp3) is 0.333. The minimum absolute atomic E-state index is 0.212. The van der Waals surface area contributed by atoms with Gasteiger partial charge in [0, 0.05) is 61.2 Å². The molecular weight excluding hydrogens is 360 g/mol. The van der Waals surface area contributed by atoms with E-state index in [1.54, 1.807) is 12.4 Å². The molecule has 0 radical (unpaired) electrons. The van der Waals surface area contributed by atoms with Crippen molar-refractivity contribution in [2.45, 2.75) is 32.1 Å². The molecule has 5 nitrogen and oxygen atoms in total. The quantitative estimate of drug-likeness (QED) is 0.668. The van der Waals surface area contributed by atoms with Gasteiger partial charge in [-0.2, -0.15) is 0 Å². The number of hydrogen-bond acceptors (Lipinski definition) is 4. The molecule has 5 heteroatoms. The van der Waals surface area contributed by atoms with Crippen molar-refractivity contribution < 1.29 is 4.79 Å². The first kappa shape index (κ1) is 19.2. The lowest BCUT2D eigenvalue weighted by atomic mass is 9.83. The van der Waals surface area contributed by atoms with Crippen molar-refractivity contribution in [2.75, 3.05) is 13.1 Å². The Hall–Kier alpha value is -3.08. The molecule has 1 aliphatic heterocycles. The number of piperidine rings is 1. The van der Waals surface area contributed by atoms with Gasteiger partial charge in [-0.1, -0.05) is 31.2 Å². The first-order chi connectivity index (χ1) is 14.2. The number of fused-ring (bicyclic) bond motifs is 1. The van der Waals surface area contributed by atoms with E-state index in [1.165, 1.54) is 11.8 Å². The molecule has 3 heterocycles. The monoisotopic (exact) mass is 386 g/mol. The predicted octanol–water partition coefficient (Wildman–Crippen LogP) is 4.21. The van der Waals surface area contributed by atoms with E-state index in [0.717, 1.165) is 48.0 Å². The van der Waals surface area contributed by atoms with Crippen LogP contribution in [0.2, 0.25) is 0 Å². The van der Waals surface area contributed by atoms with Gasteiger partial charge in [0.05, 0.1) is 5.52 Å². The molecule has 2 aromatic heterocycles. The Morgan fingerprint density at radius 2 is 2.07 bits per heavy atom. The number of nitrogens with zero attached hydrogens (tertiary/aromatic N) is 3. The summed E-state index contributed by atoms with van der Waals surface area (Å²) in [6.07, 6.45) is 9.02. The van der Waals surface area contributed by atoms with E-state index in [0.29, 0.717) is 12.3 Å². The van der Waals surface area contributed by atoms with Crippen molar-refractivity contribution in [3.05, 3.63) is 71.7 Å². The summed E-state index contributed by atoms with van der Waals surface area (Å²) in [7, 11) is 0. The minimum atomic E-state index is 0.212. The van der Waals surface area contributed by atoms with E-state index < -0.39 is 0 Å². The Labute approximate surface area is 171 Å². The van der Waals surface area contributed by atoms with Gasteiger partial charge >= 0.3 is 0 Å². The molecule has 1 amide bonds. The van der Waals surface area contributed by atoms with Crippen molar-refractivity contribution in [3.63, 3.8) is 0 Å². The molecule has 2 atom stereocenters. The van der Waals surface area contributed by atoms with Crippen LogP contribution in [0.3, 0.4) is 0 Å². The van der Waals surface area contributed by atoms with Crippen LogP contribution in [0.1, 0.15) is 42.4 Å². The van der Waals surface area contributed by atoms with Gasteiger partial charge < -0.3 is 10.3 Å². The highest BCUT2D eigenvalue weighted by molar-refractivity contribution is 5.98. The number of carbonyl (C=O) groups excluding carboxylic acids is 1. The second-order valence-electron chi connectivity index (χ2n) is 7.99. The zero-order valence-electron chi connectivity index (χ0n) is 16.7. The van der Waals surface area contributed by atoms with Crippen molar-refractivity contribution in [1.82, 2.24) is 14.9 Å². The number of amides is 1. The fourth-order valence-corrected chi connectivity index (χ4v) is 4.42. The summed E-state index contributed by atoms with van der Waals surface area (Å²) < 4.78 is 0. The third kappa shape index (κ3) is 4.19. The number of hydrogen-bond donors (Lipinski definition) is 1. The summed E-state index contributed by atoms with van der Waals surface area (Å²) in [5.41, 5.74) is 4.03. The molecule has 0 aliphatic carbocycles. The molecule has 1 saturated heterocycles. The van der Waals surface area contributed by atoms with Crippen LogP contribution in [0.25, 0.3) is 10.9 Å². The van der Waals surface area contributed by atoms with Gasteiger partial charge in [-0.3, -0.25) is 14.8 Å². The lowest BCUT2D eigenvalue weighted by Gasteiger charge is -2.37. The summed E-state index contributed by atoms with van der Waals surface area (Å²) in [5, 5.41) is 8.75. The number of carbonyl (C=O) groups is 1. The standard InChI is InChI=1S/C24H26N4O/c1-17-12-20(21-8-7-19(13-25)24-22(21)5-3-11-27-24)16-28(15-17)23(29)9-6-18-4-2-10-26-14-18/h2-5,7-8,10-11,13-14,17,20,25H,6,9,12,15-16H2,1H3/t17?,20-/m1/s1. The van der Waals surface area contributed by atoms with Gasteiger partial charge in [-0.25, -0.2) is 0 Å². The van der Waals surface area contributed by atoms with Crippen LogP contribution in [0, 0.1) is 11.3 Å². The predicted molar refractivity (Wildman–Crippen MR) is 115 cm³/mol. The van der Waals surface area contributed by atoms with Crippen LogP contribution in [0.4, 0.5) is 0 Å². The molecule has 29 heavy (non-hydrogen) atoms. The van der Waals surface area contributed by atoms with Gasteiger partial charge in [0.2, 0.25) is 5.91 Å². The highest BCUT2D eigenvalue weighted by Crippen LogP contribution is 2.35. The summed E-state index contributed by atoms with van der Waals surface area (Å²) in [6.45, 7) is 3.78. The van der Waals surface area contributed by atoms with Crippen LogP contribution in [-0.4, -0.2) is 40.1 Å². The lowest BCUT2D eigenvalue weighted by Crippen LogP contribution is -2.42. The number of nitrogens with one attached hydrogen (secondary N) is 1. The van der Waals surface area contributed by atoms with Crippen LogP contribution in [0.5, 0.6) is 0 Å². The summed E-state index contributed by atoms with van der Waals surface area (Å²) in [6, 6.07) is 12.1. The Kier molecular flexibility index (Phi) is 5.65. The van der Waals surface area contributed by atoms with E-state index in [-0.39, 0.29) is 11.8 Å². The highest BCUT2D eigenvalue weighted by Gasteiger charge is 2.29. The first-order valence-electron chi connectivity index (χ1n) is 10.2. The van der Waals surface area contributed by atoms with Gasteiger partial charge in [0.15, 0.2) is 0 Å². The molecular formula is C24H26N4O. The minimum Gasteiger partial charge on any atom is -0.342 e. The van der Waals surface area contributed by atoms with E-state index in [1.807, 2.05) is 35.4 Å². The molecule has 1 aromatic carbocycles. The number of aromatic nitrogens is 2. The second-order valence-corrected chi connectivity index (χ2v) is 7.99. The van der Waals surface area contributed by atoms with Gasteiger partial charge in [-0.05, 0) is 42.0 Å². The smallest absolute Gasteiger partial charge is 0.222 e. The first-order valence-corrected chi connectivity index (χ1v) is 10.2. The fourth-order valence-electron chi connectivity index (χ4n) is 4.42. The average molecular weight is 386 g/mol. The maximum atomic E-state index is 12.9. The molecule has 148 valence electrons. The molecule has 0 spiro atoms. The van der Waals surface area contributed by atoms with Crippen molar-refractivity contribution >= 4 is 23.0 Å². The molecule has 1 fully saturated rings. The summed E-state index contributed by atoms with van der Waals surface area (Å²) in [5.74, 6) is 0.946. The number of pyridine rings is 2. The van der Waals surface area contributed by atoms with Crippen LogP contribution < -0.4 is 0 Å². The van der Waals surface area contributed by atoms with Gasteiger partial charge in [0.1, 0.15) is 0 Å². The Bertz CT molecular complexity index is 1020. The SMILES string of the molecule is CC1C[C@@H](c2ccc(C=N)c3ncccc23)CN(C(=O)CCc2cccnc2)C1. The second kappa shape index (κ2) is 8.52. The average Bonchev–Trinajstić information content (AvgIpc) is 2.77. The van der Waals surface area contributed by atoms with Crippen molar-refractivity contribution in [3.8, 4) is 0 Å². The van der Waals surface area contributed by atoms with E-state index in [2.05, 4.69) is 29.0 Å². The topological polar surface area (TPSA) is 69.9 Å². The Balaban J connectivity index is 1.54. The summed E-state index contributed by atoms with van der Waals surface area (Å²) >= 11 is 0. The van der Waals surface area contributed by atoms with E-state index >= 15 is 0 Å². The normalized spacial score (nSPS) is 19.3. The largest absolute Gasteiger partial charge is 0.342 e. The maximum Gasteiger partial charge on any atom is 0.222 e. The van der Waals surface area contributed by atoms with Crippen molar-refractivity contribution in [2.24, 2.45) is 5.92 Å². The number of benzene rings is 1. The summed E-state index contributed by atoms with van der Waals surface area (Å²) in [4.78, 5) is 23.6. The molecule has 3 aromatic rings. The van der Waals surface area contributed by atoms with E-state index in [4.69, 9.17) is 5.41 Å². The van der Waals surface area contributed by atoms with Crippen molar-refractivity contribution in [1.29, 1.82) is 5.41 Å². The lowest BCUT2D eigenvalue weighted by molar-refractivity contribution is -0.133. The number of likely N-dealkylation sites (tertiary alicyclic amines) is 1. The molecule has 0 saturated carbocycles. The third-order valence-electron chi connectivity index (χ3n) is 5.79. The van der Waals surface area contributed by atoms with Crippen LogP contribution in [0.15, 0.2) is 55.0 Å². The number of aryl methyl sites for hydroxylation is 1. The molecule has 0 bridgehead atoms. The highest BCUT2D eigenvalue weighted by atomic mass is 16.2. The Morgan fingerprint density at radius 1 is 1.21 bits per heavy atom.